The second-order valence-electron chi connectivity index (χ2n) is 12.0. The molecule has 1 atom stereocenters. The van der Waals surface area contributed by atoms with Crippen molar-refractivity contribution < 1.29 is 13.2 Å². The topological polar surface area (TPSA) is 95.9 Å². The van der Waals surface area contributed by atoms with Crippen LogP contribution < -0.4 is 15.1 Å². The van der Waals surface area contributed by atoms with Crippen LogP contribution >= 0.6 is 11.6 Å². The second kappa shape index (κ2) is 14.1. The predicted octanol–water partition coefficient (Wildman–Crippen LogP) is 7.33. The molecule has 48 heavy (non-hydrogen) atoms. The summed E-state index contributed by atoms with van der Waals surface area (Å²) in [7, 11) is 0. The van der Waals surface area contributed by atoms with E-state index in [-0.39, 0.29) is 6.04 Å². The number of rotatable bonds is 5. The van der Waals surface area contributed by atoms with Gasteiger partial charge >= 0.3 is 6.18 Å². The van der Waals surface area contributed by atoms with Crippen LogP contribution in [0.4, 0.5) is 30.6 Å². The predicted molar refractivity (Wildman–Crippen MR) is 180 cm³/mol. The van der Waals surface area contributed by atoms with Gasteiger partial charge in [0.15, 0.2) is 0 Å². The molecule has 0 radical (unpaired) electrons. The van der Waals surface area contributed by atoms with Crippen molar-refractivity contribution in [2.24, 2.45) is 0 Å². The second-order valence-corrected chi connectivity index (χ2v) is 12.3. The molecule has 0 bridgehead atoms. The summed E-state index contributed by atoms with van der Waals surface area (Å²) in [6, 6.07) is 13.1. The largest absolute Gasteiger partial charge is 0.416 e. The van der Waals surface area contributed by atoms with E-state index < -0.39 is 11.7 Å². The molecule has 0 saturated carbocycles. The fourth-order valence-electron chi connectivity index (χ4n) is 5.71. The highest BCUT2D eigenvalue weighted by atomic mass is 35.5. The van der Waals surface area contributed by atoms with Crippen LogP contribution in [-0.4, -0.2) is 43.0 Å². The lowest BCUT2D eigenvalue weighted by molar-refractivity contribution is -0.137. The van der Waals surface area contributed by atoms with Crippen molar-refractivity contribution in [1.29, 1.82) is 0 Å². The SMILES string of the molecule is Cc1ccc(N2CCc3ncnc(Cl)c3C2)nc1.Cc1ccc(N2CCc3ncnc(N[C@H](C)c4ccc(C(F)(F)F)cc4)c3C2)nc1. The van der Waals surface area contributed by atoms with Crippen LogP contribution in [0.25, 0.3) is 0 Å². The number of alkyl halides is 3. The molecule has 0 unspecified atom stereocenters. The Labute approximate surface area is 282 Å². The van der Waals surface area contributed by atoms with Gasteiger partial charge in [-0.3, -0.25) is 0 Å². The molecule has 7 rings (SSSR count). The van der Waals surface area contributed by atoms with Gasteiger partial charge in [0, 0.05) is 68.6 Å². The number of aromatic nitrogens is 6. The number of fused-ring (bicyclic) bond motifs is 2. The van der Waals surface area contributed by atoms with Gasteiger partial charge in [0.1, 0.15) is 35.3 Å². The first-order valence-electron chi connectivity index (χ1n) is 15.6. The molecule has 2 aliphatic rings. The molecule has 248 valence electrons. The van der Waals surface area contributed by atoms with E-state index >= 15 is 0 Å². The molecule has 0 fully saturated rings. The molecule has 13 heteroatoms. The molecule has 4 aromatic heterocycles. The Bertz CT molecular complexity index is 1850. The van der Waals surface area contributed by atoms with Crippen molar-refractivity contribution >= 4 is 29.1 Å². The quantitative estimate of drug-likeness (QED) is 0.192. The van der Waals surface area contributed by atoms with Crippen LogP contribution in [0.3, 0.4) is 0 Å². The smallest absolute Gasteiger partial charge is 0.363 e. The third-order valence-corrected chi connectivity index (χ3v) is 8.81. The monoisotopic (exact) mass is 673 g/mol. The summed E-state index contributed by atoms with van der Waals surface area (Å²) < 4.78 is 38.4. The van der Waals surface area contributed by atoms with E-state index in [1.54, 1.807) is 0 Å². The molecule has 9 nitrogen and oxygen atoms in total. The zero-order valence-electron chi connectivity index (χ0n) is 26.8. The first-order chi connectivity index (χ1) is 23.0. The van der Waals surface area contributed by atoms with Crippen LogP contribution in [0.2, 0.25) is 5.15 Å². The van der Waals surface area contributed by atoms with E-state index in [4.69, 9.17) is 11.6 Å². The molecular formula is C35H35ClF3N9. The maximum atomic E-state index is 12.8. The summed E-state index contributed by atoms with van der Waals surface area (Å²) in [6.07, 6.45) is 4.10. The maximum Gasteiger partial charge on any atom is 0.416 e. The lowest BCUT2D eigenvalue weighted by Crippen LogP contribution is -2.32. The van der Waals surface area contributed by atoms with Crippen LogP contribution in [0.15, 0.2) is 73.6 Å². The van der Waals surface area contributed by atoms with Gasteiger partial charge in [0.25, 0.3) is 0 Å². The van der Waals surface area contributed by atoms with E-state index in [0.29, 0.717) is 17.5 Å². The third kappa shape index (κ3) is 7.65. The molecule has 2 aliphatic heterocycles. The minimum atomic E-state index is -4.34. The van der Waals surface area contributed by atoms with Crippen molar-refractivity contribution in [1.82, 2.24) is 29.9 Å². The zero-order valence-corrected chi connectivity index (χ0v) is 27.6. The van der Waals surface area contributed by atoms with Gasteiger partial charge in [-0.2, -0.15) is 13.2 Å². The van der Waals surface area contributed by atoms with Gasteiger partial charge < -0.3 is 15.1 Å². The first-order valence-corrected chi connectivity index (χ1v) is 16.0. The molecule has 1 N–H and O–H groups in total. The summed E-state index contributed by atoms with van der Waals surface area (Å²) in [5.74, 6) is 2.58. The highest BCUT2D eigenvalue weighted by molar-refractivity contribution is 6.30. The summed E-state index contributed by atoms with van der Waals surface area (Å²) in [6.45, 7) is 9.01. The molecule has 0 aliphatic carbocycles. The molecule has 6 heterocycles. The normalized spacial score (nSPS) is 14.7. The van der Waals surface area contributed by atoms with E-state index in [2.05, 4.69) is 51.1 Å². The summed E-state index contributed by atoms with van der Waals surface area (Å²) in [5, 5.41) is 3.90. The first kappa shape index (κ1) is 33.1. The van der Waals surface area contributed by atoms with Gasteiger partial charge in [-0.15, -0.1) is 0 Å². The standard InChI is InChI=1S/C22H22F3N5.C13H13ClN4/c1-14-3-8-20(26-11-14)30-10-9-19-18(12-30)21(28-13-27-19)29-15(2)16-4-6-17(7-5-16)22(23,24)25;1-9-2-3-12(15-6-9)18-5-4-11-10(7-18)13(14)17-8-16-11/h3-8,11,13,15H,9-10,12H2,1-2H3,(H,27,28,29);2-3,6,8H,4-5,7H2,1H3/t15-;/m1./s1. The average molecular weight is 674 g/mol. The molecular weight excluding hydrogens is 639 g/mol. The van der Waals surface area contributed by atoms with Crippen molar-refractivity contribution in [2.75, 3.05) is 28.2 Å². The van der Waals surface area contributed by atoms with Gasteiger partial charge in [0.2, 0.25) is 0 Å². The Morgan fingerprint density at radius 1 is 0.708 bits per heavy atom. The van der Waals surface area contributed by atoms with E-state index in [0.717, 1.165) is 95.4 Å². The van der Waals surface area contributed by atoms with Crippen LogP contribution in [0.1, 0.15) is 57.7 Å². The number of hydrogen-bond donors (Lipinski definition) is 1. The number of aryl methyl sites for hydroxylation is 2. The van der Waals surface area contributed by atoms with Crippen LogP contribution in [0, 0.1) is 13.8 Å². The van der Waals surface area contributed by atoms with Crippen molar-refractivity contribution in [3.05, 3.63) is 124 Å². The highest BCUT2D eigenvalue weighted by Gasteiger charge is 2.30. The Morgan fingerprint density at radius 3 is 1.79 bits per heavy atom. The molecule has 0 saturated heterocycles. The Morgan fingerprint density at radius 2 is 1.25 bits per heavy atom. The molecule has 5 aromatic rings. The van der Waals surface area contributed by atoms with E-state index in [9.17, 15) is 13.2 Å². The fraction of sp³-hybridized carbons (Fsp3) is 0.314. The lowest BCUT2D eigenvalue weighted by Gasteiger charge is -2.30. The number of halogens is 4. The Balaban J connectivity index is 0.000000189. The zero-order chi connectivity index (χ0) is 33.8. The Kier molecular flexibility index (Phi) is 9.72. The van der Waals surface area contributed by atoms with Gasteiger partial charge in [0.05, 0.1) is 17.0 Å². The van der Waals surface area contributed by atoms with Gasteiger partial charge in [-0.25, -0.2) is 29.9 Å². The van der Waals surface area contributed by atoms with Crippen molar-refractivity contribution in [3.63, 3.8) is 0 Å². The third-order valence-electron chi connectivity index (χ3n) is 8.48. The number of nitrogens with one attached hydrogen (secondary N) is 1. The number of nitrogens with zero attached hydrogens (tertiary/aromatic N) is 8. The lowest BCUT2D eigenvalue weighted by atomic mass is 10.0. The van der Waals surface area contributed by atoms with E-state index in [1.165, 1.54) is 24.8 Å². The summed E-state index contributed by atoms with van der Waals surface area (Å²) in [4.78, 5) is 30.5. The van der Waals surface area contributed by atoms with Gasteiger partial charge in [-0.05, 0) is 61.7 Å². The summed E-state index contributed by atoms with van der Waals surface area (Å²) >= 11 is 6.12. The van der Waals surface area contributed by atoms with Crippen LogP contribution in [-0.2, 0) is 32.1 Å². The number of pyridine rings is 2. The number of benzene rings is 1. The van der Waals surface area contributed by atoms with Crippen molar-refractivity contribution in [2.45, 2.75) is 58.9 Å². The molecule has 0 amide bonds. The minimum Gasteiger partial charge on any atom is -0.363 e. The molecule has 0 spiro atoms. The van der Waals surface area contributed by atoms with Gasteiger partial charge in [-0.1, -0.05) is 35.9 Å². The molecule has 1 aromatic carbocycles. The minimum absolute atomic E-state index is 0.209. The number of anilines is 3. The average Bonchev–Trinajstić information content (AvgIpc) is 3.09. The highest BCUT2D eigenvalue weighted by Crippen LogP contribution is 2.32. The van der Waals surface area contributed by atoms with E-state index in [1.807, 2.05) is 51.4 Å². The Hall–Kier alpha value is -4.84. The van der Waals surface area contributed by atoms with Crippen LogP contribution in [0.5, 0.6) is 0 Å². The van der Waals surface area contributed by atoms with Crippen molar-refractivity contribution in [3.8, 4) is 0 Å². The maximum absolute atomic E-state index is 12.8. The summed E-state index contributed by atoms with van der Waals surface area (Å²) in [5.41, 5.74) is 6.42. The fourth-order valence-corrected chi connectivity index (χ4v) is 5.92. The number of hydrogen-bond acceptors (Lipinski definition) is 9.